The first kappa shape index (κ1) is 59.2. The van der Waals surface area contributed by atoms with Crippen molar-refractivity contribution in [1.29, 1.82) is 0 Å². The molecule has 0 bridgehead atoms. The van der Waals surface area contributed by atoms with Gasteiger partial charge in [-0.1, -0.05) is 175 Å². The Balaban J connectivity index is 4.23. The number of esters is 2. The second-order valence-corrected chi connectivity index (χ2v) is 17.0. The van der Waals surface area contributed by atoms with Gasteiger partial charge in [-0.15, -0.1) is 0 Å². The molecule has 2 unspecified atom stereocenters. The number of hydrogen-bond donors (Lipinski definition) is 1. The Labute approximate surface area is 384 Å². The van der Waals surface area contributed by atoms with Gasteiger partial charge in [-0.3, -0.25) is 9.59 Å². The number of ether oxygens (including phenoxy) is 4. The van der Waals surface area contributed by atoms with E-state index in [1.807, 2.05) is 21.1 Å². The minimum absolute atomic E-state index is 0.180. The topological polar surface area (TPSA) is 108 Å². The number of carboxylic acids is 1. The van der Waals surface area contributed by atoms with Crippen LogP contribution >= 0.6 is 0 Å². The molecule has 0 aliphatic heterocycles. The van der Waals surface area contributed by atoms with Gasteiger partial charge in [-0.2, -0.15) is 0 Å². The highest BCUT2D eigenvalue weighted by Crippen LogP contribution is 2.13. The van der Waals surface area contributed by atoms with Crippen molar-refractivity contribution in [3.8, 4) is 0 Å². The predicted molar refractivity (Wildman–Crippen MR) is 262 cm³/mol. The molecule has 0 aromatic heterocycles. The normalized spacial score (nSPS) is 13.7. The molecule has 63 heavy (non-hydrogen) atoms. The fourth-order valence-corrected chi connectivity index (χ4v) is 6.08. The summed E-state index contributed by atoms with van der Waals surface area (Å²) in [5.41, 5.74) is 0. The van der Waals surface area contributed by atoms with Gasteiger partial charge in [0.05, 0.1) is 34.4 Å². The van der Waals surface area contributed by atoms with Gasteiger partial charge in [0.15, 0.2) is 6.10 Å². The molecule has 0 amide bonds. The number of hydrogen-bond acceptors (Lipinski definition) is 7. The zero-order chi connectivity index (χ0) is 46.3. The monoisotopic (exact) mass is 881 g/mol. The van der Waals surface area contributed by atoms with E-state index in [1.54, 1.807) is 0 Å². The molecule has 9 nitrogen and oxygen atoms in total. The maximum Gasteiger partial charge on any atom is 0.361 e. The third-order valence-corrected chi connectivity index (χ3v) is 9.86. The Morgan fingerprint density at radius 2 is 0.905 bits per heavy atom. The van der Waals surface area contributed by atoms with Crippen molar-refractivity contribution in [3.63, 3.8) is 0 Å². The van der Waals surface area contributed by atoms with Crippen molar-refractivity contribution in [3.05, 3.63) is 97.2 Å². The molecule has 0 heterocycles. The van der Waals surface area contributed by atoms with E-state index in [0.717, 1.165) is 109 Å². The quantitative estimate of drug-likeness (QED) is 0.0212. The van der Waals surface area contributed by atoms with E-state index in [0.29, 0.717) is 23.9 Å². The standard InChI is InChI=1S/C54H89NO8/c1-6-8-10-12-14-15-16-17-18-19-20-21-22-23-24-25-26-27-28-29-30-31-32-33-34-35-36-37-39-41-43-45-52(57)63-50(48-61-51(56)44-42-40-38-13-11-9-7-2)49-62-54(53(58)59)60-47-46-55(3,4)5/h8,10,14-15,17-18,20-21,23-24,26-27,29-30,32-33,50,54H,6-7,9,11-13,16,19,22,25,28,31,34-49H2,1-5H3/p+1/b10-8-,15-14-,18-17-,21-20-,24-23-,27-26-,30-29-,33-32-. The smallest absolute Gasteiger partial charge is 0.361 e. The first-order chi connectivity index (χ1) is 30.6. The lowest BCUT2D eigenvalue weighted by Gasteiger charge is -2.25. The van der Waals surface area contributed by atoms with Gasteiger partial charge in [0.25, 0.3) is 6.29 Å². The van der Waals surface area contributed by atoms with E-state index in [-0.39, 0.29) is 32.2 Å². The average Bonchev–Trinajstić information content (AvgIpc) is 3.24. The molecule has 9 heteroatoms. The van der Waals surface area contributed by atoms with Crippen LogP contribution in [0.4, 0.5) is 0 Å². The van der Waals surface area contributed by atoms with Crippen LogP contribution in [-0.4, -0.2) is 87.4 Å². The minimum Gasteiger partial charge on any atom is -0.477 e. The number of nitrogens with zero attached hydrogens (tertiary/aromatic N) is 1. The predicted octanol–water partition coefficient (Wildman–Crippen LogP) is 13.4. The van der Waals surface area contributed by atoms with E-state index < -0.39 is 24.3 Å². The zero-order valence-corrected chi connectivity index (χ0v) is 40.4. The van der Waals surface area contributed by atoms with Crippen LogP contribution in [0.25, 0.3) is 0 Å². The zero-order valence-electron chi connectivity index (χ0n) is 40.4. The molecule has 2 atom stereocenters. The molecule has 0 aromatic rings. The summed E-state index contributed by atoms with van der Waals surface area (Å²) in [4.78, 5) is 37.0. The van der Waals surface area contributed by atoms with Gasteiger partial charge in [0, 0.05) is 12.8 Å². The molecule has 0 fully saturated rings. The van der Waals surface area contributed by atoms with Crippen LogP contribution < -0.4 is 0 Å². The van der Waals surface area contributed by atoms with Crippen molar-refractivity contribution in [1.82, 2.24) is 0 Å². The number of unbranched alkanes of at least 4 members (excludes halogenated alkanes) is 12. The van der Waals surface area contributed by atoms with Crippen molar-refractivity contribution in [2.24, 2.45) is 0 Å². The number of rotatable bonds is 43. The number of carboxylic acid groups (broad SMARTS) is 1. The van der Waals surface area contributed by atoms with Gasteiger partial charge >= 0.3 is 17.9 Å². The molecule has 358 valence electrons. The molecule has 1 N–H and O–H groups in total. The lowest BCUT2D eigenvalue weighted by Crippen LogP contribution is -2.40. The SMILES string of the molecule is CC/C=C\C/C=C\C/C=C\C/C=C\C/C=C\C/C=C\C/C=C\C/C=C\CCCCCCCCC(=O)OC(COC(=O)CCCCCCCCC)COC(OCC[N+](C)(C)C)C(=O)O. The molecule has 0 saturated heterocycles. The van der Waals surface area contributed by atoms with Crippen molar-refractivity contribution in [2.75, 3.05) is 47.5 Å². The van der Waals surface area contributed by atoms with Gasteiger partial charge in [-0.25, -0.2) is 4.79 Å². The Kier molecular flexibility index (Phi) is 42.1. The highest BCUT2D eigenvalue weighted by molar-refractivity contribution is 5.71. The summed E-state index contributed by atoms with van der Waals surface area (Å²) < 4.78 is 22.6. The van der Waals surface area contributed by atoms with E-state index in [9.17, 15) is 19.5 Å². The lowest BCUT2D eigenvalue weighted by atomic mass is 10.1. The maximum atomic E-state index is 12.7. The van der Waals surface area contributed by atoms with E-state index >= 15 is 0 Å². The second kappa shape index (κ2) is 44.8. The third-order valence-electron chi connectivity index (χ3n) is 9.86. The van der Waals surface area contributed by atoms with Gasteiger partial charge in [0.2, 0.25) is 0 Å². The van der Waals surface area contributed by atoms with Gasteiger partial charge in [-0.05, 0) is 77.0 Å². The fourth-order valence-electron chi connectivity index (χ4n) is 6.08. The number of carbonyl (C=O) groups is 3. The maximum absolute atomic E-state index is 12.7. The van der Waals surface area contributed by atoms with Gasteiger partial charge < -0.3 is 28.5 Å². The summed E-state index contributed by atoms with van der Waals surface area (Å²) in [6.07, 6.45) is 56.4. The first-order valence-corrected chi connectivity index (χ1v) is 24.4. The number of likely N-dealkylation sites (N-methyl/N-ethyl adjacent to an activating group) is 1. The molecule has 0 aliphatic rings. The third kappa shape index (κ3) is 46.0. The highest BCUT2D eigenvalue weighted by Gasteiger charge is 2.25. The van der Waals surface area contributed by atoms with Crippen LogP contribution in [0.5, 0.6) is 0 Å². The van der Waals surface area contributed by atoms with Crippen molar-refractivity contribution >= 4 is 17.9 Å². The second-order valence-electron chi connectivity index (χ2n) is 17.0. The summed E-state index contributed by atoms with van der Waals surface area (Å²) >= 11 is 0. The number of quaternary nitrogens is 1. The Hall–Kier alpha value is -3.79. The first-order valence-electron chi connectivity index (χ1n) is 24.4. The Morgan fingerprint density at radius 3 is 1.35 bits per heavy atom. The summed E-state index contributed by atoms with van der Waals surface area (Å²) in [7, 11) is 5.93. The summed E-state index contributed by atoms with van der Waals surface area (Å²) in [6, 6.07) is 0. The van der Waals surface area contributed by atoms with E-state index in [4.69, 9.17) is 18.9 Å². The van der Waals surface area contributed by atoms with Crippen LogP contribution in [0.3, 0.4) is 0 Å². The highest BCUT2D eigenvalue weighted by atomic mass is 16.7. The van der Waals surface area contributed by atoms with Crippen LogP contribution in [0.1, 0.15) is 168 Å². The molecule has 0 radical (unpaired) electrons. The summed E-state index contributed by atoms with van der Waals surface area (Å²) in [6.45, 7) is 4.66. The largest absolute Gasteiger partial charge is 0.477 e. The van der Waals surface area contributed by atoms with Crippen LogP contribution in [0.15, 0.2) is 97.2 Å². The van der Waals surface area contributed by atoms with E-state index in [1.165, 1.54) is 25.7 Å². The summed E-state index contributed by atoms with van der Waals surface area (Å²) in [5.74, 6) is -2.05. The van der Waals surface area contributed by atoms with Crippen LogP contribution in [-0.2, 0) is 33.3 Å². The van der Waals surface area contributed by atoms with Crippen molar-refractivity contribution < 1.29 is 42.9 Å². The Morgan fingerprint density at radius 1 is 0.492 bits per heavy atom. The molecule has 0 spiro atoms. The Bertz CT molecular complexity index is 1350. The van der Waals surface area contributed by atoms with Crippen molar-refractivity contribution in [2.45, 2.75) is 180 Å². The lowest BCUT2D eigenvalue weighted by molar-refractivity contribution is -0.870. The molecular weight excluding hydrogens is 791 g/mol. The van der Waals surface area contributed by atoms with E-state index in [2.05, 4.69) is 111 Å². The minimum atomic E-state index is -1.52. The molecule has 0 rings (SSSR count). The average molecular weight is 881 g/mol. The van der Waals surface area contributed by atoms with Crippen LogP contribution in [0, 0.1) is 0 Å². The fraction of sp³-hybridized carbons (Fsp3) is 0.648. The molecule has 0 saturated carbocycles. The number of aliphatic carboxylic acids is 1. The van der Waals surface area contributed by atoms with Crippen LogP contribution in [0.2, 0.25) is 0 Å². The van der Waals surface area contributed by atoms with Gasteiger partial charge in [0.1, 0.15) is 13.2 Å². The number of carbonyl (C=O) groups excluding carboxylic acids is 2. The number of allylic oxidation sites excluding steroid dienone is 16. The molecule has 0 aromatic carbocycles. The summed E-state index contributed by atoms with van der Waals surface area (Å²) in [5, 5.41) is 9.61. The molecule has 0 aliphatic carbocycles. The molecular formula is C54H90NO8+.